The maximum Gasteiger partial charge on any atom is 0.306 e. The highest BCUT2D eigenvalue weighted by Gasteiger charge is 2.47. The van der Waals surface area contributed by atoms with Crippen LogP contribution in [0.4, 0.5) is 0 Å². The van der Waals surface area contributed by atoms with E-state index in [2.05, 4.69) is 9.72 Å². The number of likely N-dealkylation sites (tertiary alicyclic amines) is 2. The largest absolute Gasteiger partial charge is 0.469 e. The number of hydrogen-bond donors (Lipinski definition) is 0. The average molecular weight is 348 g/mol. The second-order valence-electron chi connectivity index (χ2n) is 7.04. The summed E-state index contributed by atoms with van der Waals surface area (Å²) in [7, 11) is 3.17. The number of aromatic nitrogens is 2. The summed E-state index contributed by atoms with van der Waals surface area (Å²) in [4.78, 5) is 43.4. The monoisotopic (exact) mass is 348 g/mol. The zero-order valence-corrected chi connectivity index (χ0v) is 14.7. The first-order chi connectivity index (χ1) is 11.9. The average Bonchev–Trinajstić information content (AvgIpc) is 3.03. The highest BCUT2D eigenvalue weighted by molar-refractivity contribution is 5.92. The fourth-order valence-electron chi connectivity index (χ4n) is 3.59. The van der Waals surface area contributed by atoms with Crippen molar-refractivity contribution in [1.82, 2.24) is 19.4 Å². The molecule has 3 rings (SSSR count). The molecule has 8 nitrogen and oxygen atoms in total. The SMILES string of the molecule is COC(=O)CCC(=O)N1CC2(CCN(C(=O)c3cn(C)cn3)CC2)C1. The molecule has 0 saturated carbocycles. The van der Waals surface area contributed by atoms with Crippen LogP contribution >= 0.6 is 0 Å². The lowest BCUT2D eigenvalue weighted by molar-refractivity contribution is -0.150. The lowest BCUT2D eigenvalue weighted by atomic mass is 9.72. The maximum atomic E-state index is 12.4. The van der Waals surface area contributed by atoms with E-state index in [-0.39, 0.29) is 36.0 Å². The van der Waals surface area contributed by atoms with Gasteiger partial charge in [0, 0.05) is 51.3 Å². The molecule has 1 spiro atoms. The summed E-state index contributed by atoms with van der Waals surface area (Å²) in [5.74, 6) is -0.381. The summed E-state index contributed by atoms with van der Waals surface area (Å²) in [6.45, 7) is 2.83. The fourth-order valence-corrected chi connectivity index (χ4v) is 3.59. The number of amides is 2. The molecule has 0 unspecified atom stereocenters. The number of esters is 1. The van der Waals surface area contributed by atoms with Crippen LogP contribution in [0.1, 0.15) is 36.2 Å². The molecular formula is C17H24N4O4. The first-order valence-electron chi connectivity index (χ1n) is 8.54. The van der Waals surface area contributed by atoms with Gasteiger partial charge in [-0.15, -0.1) is 0 Å². The predicted octanol–water partition coefficient (Wildman–Crippen LogP) is 0.438. The predicted molar refractivity (Wildman–Crippen MR) is 88.6 cm³/mol. The van der Waals surface area contributed by atoms with Crippen LogP contribution in [0, 0.1) is 5.41 Å². The van der Waals surface area contributed by atoms with Crippen LogP contribution in [0.5, 0.6) is 0 Å². The molecule has 2 amide bonds. The summed E-state index contributed by atoms with van der Waals surface area (Å²) < 4.78 is 6.33. The van der Waals surface area contributed by atoms with E-state index in [0.29, 0.717) is 18.8 Å². The maximum absolute atomic E-state index is 12.4. The normalized spacial score (nSPS) is 18.8. The van der Waals surface area contributed by atoms with Gasteiger partial charge >= 0.3 is 5.97 Å². The first-order valence-corrected chi connectivity index (χ1v) is 8.54. The van der Waals surface area contributed by atoms with E-state index in [9.17, 15) is 14.4 Å². The van der Waals surface area contributed by atoms with Gasteiger partial charge in [-0.25, -0.2) is 4.98 Å². The molecule has 0 bridgehead atoms. The summed E-state index contributed by atoms with van der Waals surface area (Å²) in [5.41, 5.74) is 0.605. The van der Waals surface area contributed by atoms with Gasteiger partial charge in [0.15, 0.2) is 0 Å². The molecule has 0 radical (unpaired) electrons. The zero-order chi connectivity index (χ0) is 18.0. The van der Waals surface area contributed by atoms with Crippen LogP contribution in [0.25, 0.3) is 0 Å². The van der Waals surface area contributed by atoms with Gasteiger partial charge in [-0.3, -0.25) is 14.4 Å². The van der Waals surface area contributed by atoms with Crippen LogP contribution < -0.4 is 0 Å². The molecule has 2 aliphatic rings. The summed E-state index contributed by atoms with van der Waals surface area (Å²) in [6.07, 6.45) is 5.48. The molecule has 2 fully saturated rings. The minimum Gasteiger partial charge on any atom is -0.469 e. The highest BCUT2D eigenvalue weighted by Crippen LogP contribution is 2.40. The van der Waals surface area contributed by atoms with Gasteiger partial charge in [0.2, 0.25) is 5.91 Å². The molecule has 0 aromatic carbocycles. The Morgan fingerprint density at radius 3 is 2.40 bits per heavy atom. The van der Waals surface area contributed by atoms with Crippen LogP contribution in [0.2, 0.25) is 0 Å². The Morgan fingerprint density at radius 1 is 1.16 bits per heavy atom. The summed E-state index contributed by atoms with van der Waals surface area (Å²) in [6, 6.07) is 0. The number of rotatable bonds is 4. The van der Waals surface area contributed by atoms with Crippen molar-refractivity contribution in [3.63, 3.8) is 0 Å². The quantitative estimate of drug-likeness (QED) is 0.737. The molecule has 1 aromatic rings. The Balaban J connectivity index is 1.45. The second-order valence-corrected chi connectivity index (χ2v) is 7.04. The van der Waals surface area contributed by atoms with Crippen molar-refractivity contribution < 1.29 is 19.1 Å². The van der Waals surface area contributed by atoms with Crippen LogP contribution in [0.3, 0.4) is 0 Å². The van der Waals surface area contributed by atoms with Crippen LogP contribution in [-0.4, -0.2) is 70.4 Å². The van der Waals surface area contributed by atoms with Crippen LogP contribution in [-0.2, 0) is 21.4 Å². The van der Waals surface area contributed by atoms with Crippen molar-refractivity contribution in [2.45, 2.75) is 25.7 Å². The van der Waals surface area contributed by atoms with E-state index in [4.69, 9.17) is 0 Å². The number of ether oxygens (including phenoxy) is 1. The topological polar surface area (TPSA) is 84.7 Å². The molecule has 2 aliphatic heterocycles. The van der Waals surface area contributed by atoms with E-state index in [1.54, 1.807) is 22.0 Å². The summed E-state index contributed by atoms with van der Waals surface area (Å²) in [5, 5.41) is 0. The zero-order valence-electron chi connectivity index (χ0n) is 14.7. The summed E-state index contributed by atoms with van der Waals surface area (Å²) >= 11 is 0. The number of hydrogen-bond acceptors (Lipinski definition) is 5. The molecule has 2 saturated heterocycles. The number of methoxy groups -OCH3 is 1. The number of aryl methyl sites for hydroxylation is 1. The standard InChI is InChI=1S/C17H24N4O4/c1-19-9-13(18-12-19)16(24)20-7-5-17(6-8-20)10-21(11-17)14(22)3-4-15(23)25-2/h9,12H,3-8,10-11H2,1-2H3. The van der Waals surface area contributed by atoms with E-state index in [1.165, 1.54) is 7.11 Å². The van der Waals surface area contributed by atoms with Crippen molar-refractivity contribution in [2.75, 3.05) is 33.3 Å². The number of nitrogens with zero attached hydrogens (tertiary/aromatic N) is 4. The molecule has 0 atom stereocenters. The van der Waals surface area contributed by atoms with Crippen molar-refractivity contribution >= 4 is 17.8 Å². The van der Waals surface area contributed by atoms with Gasteiger partial charge in [-0.2, -0.15) is 0 Å². The van der Waals surface area contributed by atoms with Crippen molar-refractivity contribution in [3.8, 4) is 0 Å². The minimum absolute atomic E-state index is 0.00279. The van der Waals surface area contributed by atoms with Crippen LogP contribution in [0.15, 0.2) is 12.5 Å². The molecule has 25 heavy (non-hydrogen) atoms. The highest BCUT2D eigenvalue weighted by atomic mass is 16.5. The molecule has 8 heteroatoms. The Bertz CT molecular complexity index is 668. The van der Waals surface area contributed by atoms with Crippen molar-refractivity contribution in [2.24, 2.45) is 12.5 Å². The second kappa shape index (κ2) is 6.85. The smallest absolute Gasteiger partial charge is 0.306 e. The Kier molecular flexibility index (Phi) is 4.78. The number of imidazole rings is 1. The number of carbonyl (C=O) groups excluding carboxylic acids is 3. The molecule has 136 valence electrons. The van der Waals surface area contributed by atoms with Gasteiger partial charge in [-0.1, -0.05) is 0 Å². The van der Waals surface area contributed by atoms with Gasteiger partial charge in [0.1, 0.15) is 5.69 Å². The van der Waals surface area contributed by atoms with E-state index < -0.39 is 0 Å². The lowest BCUT2D eigenvalue weighted by Gasteiger charge is -2.54. The third-order valence-electron chi connectivity index (χ3n) is 5.21. The van der Waals surface area contributed by atoms with Gasteiger partial charge < -0.3 is 19.1 Å². The van der Waals surface area contributed by atoms with E-state index in [1.807, 2.05) is 11.9 Å². The first kappa shape index (κ1) is 17.4. The number of carbonyl (C=O) groups is 3. The third kappa shape index (κ3) is 3.67. The van der Waals surface area contributed by atoms with Crippen molar-refractivity contribution in [3.05, 3.63) is 18.2 Å². The van der Waals surface area contributed by atoms with Crippen molar-refractivity contribution in [1.29, 1.82) is 0 Å². The molecule has 0 aliphatic carbocycles. The number of piperidine rings is 1. The van der Waals surface area contributed by atoms with E-state index >= 15 is 0 Å². The van der Waals surface area contributed by atoms with Gasteiger partial charge in [0.25, 0.3) is 5.91 Å². The molecular weight excluding hydrogens is 324 g/mol. The third-order valence-corrected chi connectivity index (χ3v) is 5.21. The van der Waals surface area contributed by atoms with Gasteiger partial charge in [0.05, 0.1) is 19.9 Å². The Morgan fingerprint density at radius 2 is 1.84 bits per heavy atom. The Labute approximate surface area is 146 Å². The molecule has 1 aromatic heterocycles. The Hall–Kier alpha value is -2.38. The molecule has 0 N–H and O–H groups in total. The lowest BCUT2D eigenvalue weighted by Crippen LogP contribution is -2.62. The van der Waals surface area contributed by atoms with Gasteiger partial charge in [-0.05, 0) is 12.8 Å². The molecule has 3 heterocycles. The van der Waals surface area contributed by atoms with E-state index in [0.717, 1.165) is 25.9 Å². The fraction of sp³-hybridized carbons (Fsp3) is 0.647. The minimum atomic E-state index is -0.357.